The lowest BCUT2D eigenvalue weighted by molar-refractivity contribution is -0.137. The summed E-state index contributed by atoms with van der Waals surface area (Å²) < 4.78 is 24.8. The summed E-state index contributed by atoms with van der Waals surface area (Å²) in [5.41, 5.74) is 5.31. The lowest BCUT2D eigenvalue weighted by atomic mass is 10.1. The number of nitrogens with two attached hydrogens (primary N) is 1. The lowest BCUT2D eigenvalue weighted by Gasteiger charge is -2.19. The average Bonchev–Trinajstić information content (AvgIpc) is 2.37. The number of carbonyl (C=O) groups is 2. The summed E-state index contributed by atoms with van der Waals surface area (Å²) in [5, 5.41) is 17.6. The van der Waals surface area contributed by atoms with Crippen molar-refractivity contribution in [1.29, 1.82) is 5.26 Å². The van der Waals surface area contributed by atoms with Crippen molar-refractivity contribution in [1.82, 2.24) is 4.31 Å². The number of hydrogen-bond acceptors (Lipinski definition) is 5. The van der Waals surface area contributed by atoms with E-state index in [9.17, 15) is 18.0 Å². The molecule has 1 amide bonds. The number of sulfonamides is 1. The molecule has 0 unspecified atom stereocenters. The normalized spacial score (nSPS) is 11.0. The van der Waals surface area contributed by atoms with E-state index in [0.717, 1.165) is 0 Å². The van der Waals surface area contributed by atoms with Gasteiger partial charge < -0.3 is 10.8 Å². The number of amides is 1. The van der Waals surface area contributed by atoms with Crippen LogP contribution in [-0.2, 0) is 25.4 Å². The Labute approximate surface area is 121 Å². The zero-order chi connectivity index (χ0) is 16.0. The number of carbonyl (C=O) groups excluding carboxylic acids is 1. The predicted octanol–water partition coefficient (Wildman–Crippen LogP) is -0.740. The van der Waals surface area contributed by atoms with Gasteiger partial charge in [-0.3, -0.25) is 9.59 Å². The van der Waals surface area contributed by atoms with Gasteiger partial charge in [0.1, 0.15) is 6.54 Å². The molecule has 0 saturated heterocycles. The van der Waals surface area contributed by atoms with Gasteiger partial charge in [-0.25, -0.2) is 8.42 Å². The van der Waals surface area contributed by atoms with Crippen molar-refractivity contribution in [2.45, 2.75) is 5.75 Å². The summed E-state index contributed by atoms with van der Waals surface area (Å²) in [6, 6.07) is 7.87. The van der Waals surface area contributed by atoms with Crippen LogP contribution in [0.3, 0.4) is 0 Å². The summed E-state index contributed by atoms with van der Waals surface area (Å²) >= 11 is 0. The van der Waals surface area contributed by atoms with Gasteiger partial charge in [0.2, 0.25) is 15.9 Å². The highest BCUT2D eigenvalue weighted by Gasteiger charge is 2.27. The fraction of sp³-hybridized carbons (Fsp3) is 0.250. The Morgan fingerprint density at radius 1 is 1.29 bits per heavy atom. The number of carboxylic acid groups (broad SMARTS) is 1. The largest absolute Gasteiger partial charge is 0.480 e. The number of rotatable bonds is 7. The van der Waals surface area contributed by atoms with Crippen LogP contribution in [0.15, 0.2) is 24.3 Å². The number of primary amides is 1. The van der Waals surface area contributed by atoms with Gasteiger partial charge in [-0.2, -0.15) is 9.57 Å². The van der Waals surface area contributed by atoms with Gasteiger partial charge in [0.25, 0.3) is 0 Å². The molecule has 1 aromatic carbocycles. The molecule has 3 N–H and O–H groups in total. The molecule has 0 heterocycles. The third kappa shape index (κ3) is 4.87. The first-order chi connectivity index (χ1) is 9.76. The van der Waals surface area contributed by atoms with Crippen molar-refractivity contribution in [3.63, 3.8) is 0 Å². The summed E-state index contributed by atoms with van der Waals surface area (Å²) in [7, 11) is -4.10. The molecule has 0 aliphatic rings. The average molecular weight is 311 g/mol. The number of aliphatic carboxylic acids is 1. The minimum atomic E-state index is -4.10. The second-order valence-electron chi connectivity index (χ2n) is 4.15. The quantitative estimate of drug-likeness (QED) is 0.679. The Morgan fingerprint density at radius 2 is 1.90 bits per heavy atom. The maximum atomic E-state index is 12.2. The molecule has 21 heavy (non-hydrogen) atoms. The molecule has 0 atom stereocenters. The second-order valence-corrected chi connectivity index (χ2v) is 6.12. The molecule has 8 nitrogen and oxygen atoms in total. The van der Waals surface area contributed by atoms with Gasteiger partial charge in [-0.15, -0.1) is 0 Å². The third-order valence-electron chi connectivity index (χ3n) is 2.51. The highest BCUT2D eigenvalue weighted by Crippen LogP contribution is 2.14. The zero-order valence-electron chi connectivity index (χ0n) is 10.9. The summed E-state index contributed by atoms with van der Waals surface area (Å²) in [6.45, 7) is -1.61. The number of nitrogens with zero attached hydrogens (tertiary/aromatic N) is 2. The monoisotopic (exact) mass is 311 g/mol. The van der Waals surface area contributed by atoms with Gasteiger partial charge >= 0.3 is 5.97 Å². The molecule has 0 saturated carbocycles. The molecule has 0 fully saturated rings. The van der Waals surface area contributed by atoms with E-state index < -0.39 is 40.7 Å². The van der Waals surface area contributed by atoms with Gasteiger partial charge in [-0.05, 0) is 11.6 Å². The Balaban J connectivity index is 3.09. The molecule has 1 aromatic rings. The van der Waals surface area contributed by atoms with Crippen molar-refractivity contribution < 1.29 is 23.1 Å². The lowest BCUT2D eigenvalue weighted by Crippen LogP contribution is -2.42. The summed E-state index contributed by atoms with van der Waals surface area (Å²) in [5.74, 6) is -2.96. The van der Waals surface area contributed by atoms with Crippen LogP contribution in [-0.4, -0.2) is 42.8 Å². The Hall–Kier alpha value is -2.44. The molecule has 0 radical (unpaired) electrons. The molecule has 9 heteroatoms. The molecule has 112 valence electrons. The van der Waals surface area contributed by atoms with Crippen molar-refractivity contribution >= 4 is 21.9 Å². The van der Waals surface area contributed by atoms with Gasteiger partial charge in [0.15, 0.2) is 0 Å². The van der Waals surface area contributed by atoms with Crippen molar-refractivity contribution in [2.24, 2.45) is 5.73 Å². The van der Waals surface area contributed by atoms with Crippen molar-refractivity contribution in [2.75, 3.05) is 13.1 Å². The Kier molecular flexibility index (Phi) is 5.40. The first-order valence-electron chi connectivity index (χ1n) is 5.72. The zero-order valence-corrected chi connectivity index (χ0v) is 11.7. The fourth-order valence-electron chi connectivity index (χ4n) is 1.62. The first-order valence-corrected chi connectivity index (χ1v) is 7.33. The molecule has 0 aromatic heterocycles. The standard InChI is InChI=1S/C12H13N3O5S/c13-5-9-3-1-2-4-10(9)8-21(19,20)15(6-11(14)16)7-12(17)18/h1-4H,6-8H2,(H2,14,16)(H,17,18). The van der Waals surface area contributed by atoms with E-state index in [0.29, 0.717) is 4.31 Å². The summed E-state index contributed by atoms with van der Waals surface area (Å²) in [6.07, 6.45) is 0. The van der Waals surface area contributed by atoms with Crippen LogP contribution in [0.25, 0.3) is 0 Å². The number of benzene rings is 1. The fourth-order valence-corrected chi connectivity index (χ4v) is 3.08. The molecular weight excluding hydrogens is 298 g/mol. The smallest absolute Gasteiger partial charge is 0.318 e. The van der Waals surface area contributed by atoms with E-state index in [4.69, 9.17) is 16.1 Å². The number of carboxylic acids is 1. The van der Waals surface area contributed by atoms with E-state index in [2.05, 4.69) is 0 Å². The third-order valence-corrected chi connectivity index (χ3v) is 4.23. The molecule has 1 rings (SSSR count). The van der Waals surface area contributed by atoms with Crippen LogP contribution < -0.4 is 5.73 Å². The van der Waals surface area contributed by atoms with E-state index >= 15 is 0 Å². The highest BCUT2D eigenvalue weighted by molar-refractivity contribution is 7.88. The van der Waals surface area contributed by atoms with Gasteiger partial charge in [-0.1, -0.05) is 18.2 Å². The van der Waals surface area contributed by atoms with Crippen LogP contribution >= 0.6 is 0 Å². The maximum Gasteiger partial charge on any atom is 0.318 e. The first kappa shape index (κ1) is 16.6. The van der Waals surface area contributed by atoms with Crippen LogP contribution in [0.4, 0.5) is 0 Å². The molecule has 0 spiro atoms. The van der Waals surface area contributed by atoms with Crippen molar-refractivity contribution in [3.8, 4) is 6.07 Å². The van der Waals surface area contributed by atoms with Crippen LogP contribution in [0.1, 0.15) is 11.1 Å². The minimum Gasteiger partial charge on any atom is -0.480 e. The van der Waals surface area contributed by atoms with Crippen molar-refractivity contribution in [3.05, 3.63) is 35.4 Å². The predicted molar refractivity (Wildman–Crippen MR) is 72.2 cm³/mol. The van der Waals surface area contributed by atoms with Crippen LogP contribution in [0.2, 0.25) is 0 Å². The molecule has 0 aliphatic carbocycles. The van der Waals surface area contributed by atoms with E-state index in [1.54, 1.807) is 12.1 Å². The number of nitriles is 1. The second kappa shape index (κ2) is 6.83. The highest BCUT2D eigenvalue weighted by atomic mass is 32.2. The maximum absolute atomic E-state index is 12.2. The SMILES string of the molecule is N#Cc1ccccc1CS(=O)(=O)N(CC(N)=O)CC(=O)O. The molecule has 0 aliphatic heterocycles. The molecular formula is C12H13N3O5S. The van der Waals surface area contributed by atoms with Crippen LogP contribution in [0, 0.1) is 11.3 Å². The van der Waals surface area contributed by atoms with Crippen LogP contribution in [0.5, 0.6) is 0 Å². The topological polar surface area (TPSA) is 142 Å². The minimum absolute atomic E-state index is 0.162. The van der Waals surface area contributed by atoms with E-state index in [1.165, 1.54) is 12.1 Å². The van der Waals surface area contributed by atoms with E-state index in [-0.39, 0.29) is 11.1 Å². The van der Waals surface area contributed by atoms with Gasteiger partial charge in [0, 0.05) is 0 Å². The van der Waals surface area contributed by atoms with E-state index in [1.807, 2.05) is 6.07 Å². The summed E-state index contributed by atoms with van der Waals surface area (Å²) in [4.78, 5) is 21.6. The molecule has 0 bridgehead atoms. The Bertz CT molecular complexity index is 677. The van der Waals surface area contributed by atoms with Gasteiger partial charge in [0.05, 0.1) is 23.9 Å². The number of hydrogen-bond donors (Lipinski definition) is 2. The Morgan fingerprint density at radius 3 is 2.43 bits per heavy atom.